The molecule has 0 amide bonds. The SMILES string of the molecule is Cc1ccc(Sc2c[nH]c(=O)c3ccc(Br)cc23)cc1. The van der Waals surface area contributed by atoms with Gasteiger partial charge in [-0.1, -0.05) is 45.4 Å². The lowest BCUT2D eigenvalue weighted by Gasteiger charge is -2.06. The minimum atomic E-state index is -0.0549. The summed E-state index contributed by atoms with van der Waals surface area (Å²) >= 11 is 5.12. The van der Waals surface area contributed by atoms with Crippen LogP contribution < -0.4 is 5.56 Å². The first kappa shape index (κ1) is 13.5. The number of H-pyrrole nitrogens is 1. The second-order valence-corrected chi connectivity index (χ2v) is 6.62. The summed E-state index contributed by atoms with van der Waals surface area (Å²) in [7, 11) is 0. The molecule has 3 aromatic rings. The van der Waals surface area contributed by atoms with Crippen molar-refractivity contribution in [2.24, 2.45) is 0 Å². The minimum Gasteiger partial charge on any atom is -0.327 e. The van der Waals surface area contributed by atoms with Gasteiger partial charge in [0, 0.05) is 31.2 Å². The summed E-state index contributed by atoms with van der Waals surface area (Å²) < 4.78 is 0.973. The Hall–Kier alpha value is -1.52. The summed E-state index contributed by atoms with van der Waals surface area (Å²) in [5, 5.41) is 1.68. The van der Waals surface area contributed by atoms with Gasteiger partial charge in [0.2, 0.25) is 0 Å². The number of aromatic nitrogens is 1. The summed E-state index contributed by atoms with van der Waals surface area (Å²) in [5.74, 6) is 0. The third kappa shape index (κ3) is 2.67. The third-order valence-electron chi connectivity index (χ3n) is 3.07. The molecular formula is C16H12BrNOS. The van der Waals surface area contributed by atoms with E-state index >= 15 is 0 Å². The van der Waals surface area contributed by atoms with Crippen LogP contribution in [0, 0.1) is 6.92 Å². The molecule has 1 aromatic heterocycles. The number of pyridine rings is 1. The Balaban J connectivity index is 2.11. The lowest BCUT2D eigenvalue weighted by Crippen LogP contribution is -2.05. The monoisotopic (exact) mass is 345 g/mol. The van der Waals surface area contributed by atoms with Gasteiger partial charge < -0.3 is 4.98 Å². The molecule has 2 aromatic carbocycles. The molecule has 0 aliphatic rings. The smallest absolute Gasteiger partial charge is 0.255 e. The highest BCUT2D eigenvalue weighted by Gasteiger charge is 2.07. The molecule has 0 aliphatic heterocycles. The second kappa shape index (κ2) is 5.46. The van der Waals surface area contributed by atoms with Gasteiger partial charge in [-0.05, 0) is 37.3 Å². The van der Waals surface area contributed by atoms with Crippen LogP contribution >= 0.6 is 27.7 Å². The van der Waals surface area contributed by atoms with Gasteiger partial charge in [0.25, 0.3) is 5.56 Å². The standard InChI is InChI=1S/C16H12BrNOS/c1-10-2-5-12(6-3-10)20-15-9-18-16(19)13-7-4-11(17)8-14(13)15/h2-9H,1H3,(H,18,19). The van der Waals surface area contributed by atoms with Crippen molar-refractivity contribution in [3.05, 3.63) is 69.1 Å². The zero-order chi connectivity index (χ0) is 14.1. The Kier molecular flexibility index (Phi) is 3.68. The fourth-order valence-corrected chi connectivity index (χ4v) is 3.31. The van der Waals surface area contributed by atoms with Gasteiger partial charge in [-0.3, -0.25) is 4.79 Å². The molecule has 20 heavy (non-hydrogen) atoms. The third-order valence-corrected chi connectivity index (χ3v) is 4.63. The Labute approximate surface area is 129 Å². The number of nitrogens with one attached hydrogen (secondary N) is 1. The molecule has 0 bridgehead atoms. The highest BCUT2D eigenvalue weighted by molar-refractivity contribution is 9.10. The first-order valence-electron chi connectivity index (χ1n) is 6.19. The fourth-order valence-electron chi connectivity index (χ4n) is 2.02. The van der Waals surface area contributed by atoms with Crippen molar-refractivity contribution in [2.45, 2.75) is 16.7 Å². The summed E-state index contributed by atoms with van der Waals surface area (Å²) in [6, 6.07) is 14.1. The van der Waals surface area contributed by atoms with E-state index in [4.69, 9.17) is 0 Å². The van der Waals surface area contributed by atoms with Crippen molar-refractivity contribution < 1.29 is 0 Å². The lowest BCUT2D eigenvalue weighted by atomic mass is 10.2. The topological polar surface area (TPSA) is 32.9 Å². The minimum absolute atomic E-state index is 0.0549. The number of rotatable bonds is 2. The quantitative estimate of drug-likeness (QED) is 0.726. The summed E-state index contributed by atoms with van der Waals surface area (Å²) in [5.41, 5.74) is 1.18. The fraction of sp³-hybridized carbons (Fsp3) is 0.0625. The molecule has 0 spiro atoms. The Bertz CT molecular complexity index is 824. The van der Waals surface area contributed by atoms with Crippen molar-refractivity contribution in [3.8, 4) is 0 Å². The predicted molar refractivity (Wildman–Crippen MR) is 87.6 cm³/mol. The zero-order valence-electron chi connectivity index (χ0n) is 10.8. The van der Waals surface area contributed by atoms with Crippen molar-refractivity contribution in [3.63, 3.8) is 0 Å². The molecule has 2 nitrogen and oxygen atoms in total. The maximum absolute atomic E-state index is 11.9. The summed E-state index contributed by atoms with van der Waals surface area (Å²) in [6.45, 7) is 2.07. The highest BCUT2D eigenvalue weighted by Crippen LogP contribution is 2.33. The molecule has 0 unspecified atom stereocenters. The number of hydrogen-bond acceptors (Lipinski definition) is 2. The van der Waals surface area contributed by atoms with Crippen LogP contribution in [0.5, 0.6) is 0 Å². The van der Waals surface area contributed by atoms with E-state index in [0.717, 1.165) is 19.6 Å². The van der Waals surface area contributed by atoms with Crippen LogP contribution in [0.4, 0.5) is 0 Å². The molecule has 0 atom stereocenters. The number of benzene rings is 2. The van der Waals surface area contributed by atoms with Gasteiger partial charge >= 0.3 is 0 Å². The van der Waals surface area contributed by atoms with Crippen LogP contribution in [-0.4, -0.2) is 4.98 Å². The van der Waals surface area contributed by atoms with Gasteiger partial charge in [-0.25, -0.2) is 0 Å². The van der Waals surface area contributed by atoms with Crippen LogP contribution in [0.15, 0.2) is 67.7 Å². The predicted octanol–water partition coefficient (Wildman–Crippen LogP) is 4.75. The van der Waals surface area contributed by atoms with E-state index in [2.05, 4.69) is 52.1 Å². The summed E-state index contributed by atoms with van der Waals surface area (Å²) in [6.07, 6.45) is 1.78. The molecule has 3 rings (SSSR count). The molecule has 1 heterocycles. The average Bonchev–Trinajstić information content (AvgIpc) is 2.44. The lowest BCUT2D eigenvalue weighted by molar-refractivity contribution is 1.22. The molecule has 0 aliphatic carbocycles. The maximum atomic E-state index is 11.9. The van der Waals surface area contributed by atoms with Crippen LogP contribution in [0.3, 0.4) is 0 Å². The number of fused-ring (bicyclic) bond motifs is 1. The van der Waals surface area contributed by atoms with Gasteiger partial charge in [0.1, 0.15) is 0 Å². The molecule has 0 fully saturated rings. The van der Waals surface area contributed by atoms with E-state index in [9.17, 15) is 4.79 Å². The number of hydrogen-bond donors (Lipinski definition) is 1. The second-order valence-electron chi connectivity index (χ2n) is 4.59. The highest BCUT2D eigenvalue weighted by atomic mass is 79.9. The largest absolute Gasteiger partial charge is 0.327 e. The van der Waals surface area contributed by atoms with E-state index in [1.165, 1.54) is 5.56 Å². The molecule has 1 N–H and O–H groups in total. The van der Waals surface area contributed by atoms with E-state index in [1.54, 1.807) is 18.0 Å². The number of aromatic amines is 1. The Morgan fingerprint density at radius 2 is 1.80 bits per heavy atom. The van der Waals surface area contributed by atoms with Gasteiger partial charge in [0.05, 0.1) is 0 Å². The van der Waals surface area contributed by atoms with Gasteiger partial charge in [-0.2, -0.15) is 0 Å². The summed E-state index contributed by atoms with van der Waals surface area (Å²) in [4.78, 5) is 16.9. The van der Waals surface area contributed by atoms with Gasteiger partial charge in [0.15, 0.2) is 0 Å². The van der Waals surface area contributed by atoms with E-state index in [-0.39, 0.29) is 5.56 Å². The van der Waals surface area contributed by atoms with Crippen LogP contribution in [0.2, 0.25) is 0 Å². The normalized spacial score (nSPS) is 10.9. The van der Waals surface area contributed by atoms with Crippen LogP contribution in [0.25, 0.3) is 10.8 Å². The van der Waals surface area contributed by atoms with Crippen molar-refractivity contribution in [1.82, 2.24) is 4.98 Å². The zero-order valence-corrected chi connectivity index (χ0v) is 13.2. The molecule has 4 heteroatoms. The van der Waals surface area contributed by atoms with E-state index in [1.807, 2.05) is 18.2 Å². The molecular weight excluding hydrogens is 334 g/mol. The average molecular weight is 346 g/mol. The first-order valence-corrected chi connectivity index (χ1v) is 7.80. The first-order chi connectivity index (χ1) is 9.63. The Morgan fingerprint density at radius 3 is 2.55 bits per heavy atom. The van der Waals surface area contributed by atoms with Crippen molar-refractivity contribution in [1.29, 1.82) is 0 Å². The molecule has 0 radical (unpaired) electrons. The van der Waals surface area contributed by atoms with Crippen LogP contribution in [0.1, 0.15) is 5.56 Å². The molecule has 100 valence electrons. The molecule has 0 saturated heterocycles. The maximum Gasteiger partial charge on any atom is 0.255 e. The Morgan fingerprint density at radius 1 is 1.05 bits per heavy atom. The van der Waals surface area contributed by atoms with Gasteiger partial charge in [-0.15, -0.1) is 0 Å². The van der Waals surface area contributed by atoms with Crippen LogP contribution in [-0.2, 0) is 0 Å². The number of halogens is 1. The number of aryl methyl sites for hydroxylation is 1. The van der Waals surface area contributed by atoms with E-state index in [0.29, 0.717) is 5.39 Å². The van der Waals surface area contributed by atoms with Crippen molar-refractivity contribution in [2.75, 3.05) is 0 Å². The van der Waals surface area contributed by atoms with Crippen molar-refractivity contribution >= 4 is 38.5 Å². The van der Waals surface area contributed by atoms with E-state index < -0.39 is 0 Å². The molecule has 0 saturated carbocycles.